The lowest BCUT2D eigenvalue weighted by Crippen LogP contribution is -2.12. The molecule has 1 aromatic carbocycles. The van der Waals surface area contributed by atoms with E-state index >= 15 is 0 Å². The van der Waals surface area contributed by atoms with Gasteiger partial charge in [-0.1, -0.05) is 18.2 Å². The molecule has 0 unspecified atom stereocenters. The Kier molecular flexibility index (Phi) is 3.91. The van der Waals surface area contributed by atoms with Crippen LogP contribution in [0.4, 0.5) is 5.82 Å². The Hall–Kier alpha value is -2.69. The van der Waals surface area contributed by atoms with Crippen molar-refractivity contribution in [3.8, 4) is 0 Å². The molecule has 3 aromatic rings. The molecule has 0 aliphatic heterocycles. The van der Waals surface area contributed by atoms with Crippen molar-refractivity contribution < 1.29 is 4.79 Å². The van der Waals surface area contributed by atoms with Crippen molar-refractivity contribution >= 4 is 22.6 Å². The van der Waals surface area contributed by atoms with Crippen LogP contribution in [0.3, 0.4) is 0 Å². The van der Waals surface area contributed by atoms with E-state index in [9.17, 15) is 4.79 Å². The maximum absolute atomic E-state index is 11.8. The van der Waals surface area contributed by atoms with Crippen molar-refractivity contribution in [2.45, 2.75) is 19.3 Å². The second-order valence-corrected chi connectivity index (χ2v) is 4.87. The van der Waals surface area contributed by atoms with Crippen molar-refractivity contribution in [1.29, 1.82) is 0 Å². The number of anilines is 1. The van der Waals surface area contributed by atoms with Crippen molar-refractivity contribution in [3.63, 3.8) is 0 Å². The number of benzene rings is 1. The Morgan fingerprint density at radius 3 is 2.95 bits per heavy atom. The molecule has 3 rings (SSSR count). The van der Waals surface area contributed by atoms with E-state index in [2.05, 4.69) is 32.6 Å². The molecule has 0 aliphatic rings. The zero-order valence-electron chi connectivity index (χ0n) is 11.5. The van der Waals surface area contributed by atoms with E-state index in [1.54, 1.807) is 18.3 Å². The number of aromatic amines is 1. The van der Waals surface area contributed by atoms with E-state index in [1.807, 2.05) is 18.3 Å². The number of para-hydroxylation sites is 1. The molecular weight excluding hydrogens is 264 g/mol. The Morgan fingerprint density at radius 2 is 2.10 bits per heavy atom. The van der Waals surface area contributed by atoms with Gasteiger partial charge in [0.05, 0.1) is 0 Å². The first-order valence-corrected chi connectivity index (χ1v) is 6.95. The summed E-state index contributed by atoms with van der Waals surface area (Å²) >= 11 is 0. The quantitative estimate of drug-likeness (QED) is 0.755. The molecule has 0 fully saturated rings. The van der Waals surface area contributed by atoms with Gasteiger partial charge >= 0.3 is 0 Å². The van der Waals surface area contributed by atoms with Crippen molar-refractivity contribution in [2.24, 2.45) is 0 Å². The molecule has 2 N–H and O–H groups in total. The minimum absolute atomic E-state index is 0.0321. The molecule has 5 nitrogen and oxygen atoms in total. The summed E-state index contributed by atoms with van der Waals surface area (Å²) in [5.41, 5.74) is 2.38. The largest absolute Gasteiger partial charge is 0.361 e. The SMILES string of the molecule is O=C(CCCc1c[nH]c2ccccc12)Nc1cccnn1. The van der Waals surface area contributed by atoms with Crippen molar-refractivity contribution in [1.82, 2.24) is 15.2 Å². The van der Waals surface area contributed by atoms with Crippen LogP contribution in [0, 0.1) is 0 Å². The monoisotopic (exact) mass is 280 g/mol. The van der Waals surface area contributed by atoms with Crippen molar-refractivity contribution in [2.75, 3.05) is 5.32 Å². The summed E-state index contributed by atoms with van der Waals surface area (Å²) in [6, 6.07) is 11.7. The molecular formula is C16H16N4O. The smallest absolute Gasteiger partial charge is 0.225 e. The molecule has 2 aromatic heterocycles. The number of hydrogen-bond donors (Lipinski definition) is 2. The summed E-state index contributed by atoms with van der Waals surface area (Å²) in [5.74, 6) is 0.463. The third-order valence-electron chi connectivity index (χ3n) is 3.36. The Labute approximate surface area is 122 Å². The molecule has 1 amide bonds. The highest BCUT2D eigenvalue weighted by molar-refractivity contribution is 5.89. The number of fused-ring (bicyclic) bond motifs is 1. The van der Waals surface area contributed by atoms with Crippen LogP contribution >= 0.6 is 0 Å². The fraction of sp³-hybridized carbons (Fsp3) is 0.188. The van der Waals surface area contributed by atoms with Gasteiger partial charge in [-0.2, -0.15) is 5.10 Å². The number of H-pyrrole nitrogens is 1. The first-order valence-electron chi connectivity index (χ1n) is 6.95. The zero-order valence-corrected chi connectivity index (χ0v) is 11.5. The number of hydrogen-bond acceptors (Lipinski definition) is 3. The van der Waals surface area contributed by atoms with Crippen LogP contribution in [-0.4, -0.2) is 21.1 Å². The van der Waals surface area contributed by atoms with Gasteiger partial charge in [0.25, 0.3) is 0 Å². The van der Waals surface area contributed by atoms with E-state index in [-0.39, 0.29) is 5.91 Å². The number of aromatic nitrogens is 3. The summed E-state index contributed by atoms with van der Waals surface area (Å²) in [5, 5.41) is 11.5. The molecule has 0 spiro atoms. The fourth-order valence-electron chi connectivity index (χ4n) is 2.35. The summed E-state index contributed by atoms with van der Waals surface area (Å²) < 4.78 is 0. The number of nitrogens with one attached hydrogen (secondary N) is 2. The maximum Gasteiger partial charge on any atom is 0.225 e. The van der Waals surface area contributed by atoms with E-state index in [0.717, 1.165) is 18.4 Å². The van der Waals surface area contributed by atoms with Gasteiger partial charge < -0.3 is 10.3 Å². The lowest BCUT2D eigenvalue weighted by molar-refractivity contribution is -0.116. The molecule has 0 bridgehead atoms. The van der Waals surface area contributed by atoms with Gasteiger partial charge in [0.1, 0.15) is 0 Å². The average Bonchev–Trinajstić information content (AvgIpc) is 2.92. The minimum Gasteiger partial charge on any atom is -0.361 e. The van der Waals surface area contributed by atoms with Crippen LogP contribution in [0.25, 0.3) is 10.9 Å². The van der Waals surface area contributed by atoms with Gasteiger partial charge in [-0.3, -0.25) is 4.79 Å². The molecule has 5 heteroatoms. The third kappa shape index (κ3) is 3.25. The van der Waals surface area contributed by atoms with Gasteiger partial charge in [-0.15, -0.1) is 5.10 Å². The summed E-state index contributed by atoms with van der Waals surface area (Å²) in [6.45, 7) is 0. The van der Waals surface area contributed by atoms with Gasteiger partial charge in [0.2, 0.25) is 5.91 Å². The molecule has 0 aliphatic carbocycles. The average molecular weight is 280 g/mol. The van der Waals surface area contributed by atoms with Crippen LogP contribution in [0.15, 0.2) is 48.8 Å². The summed E-state index contributed by atoms with van der Waals surface area (Å²) in [7, 11) is 0. The highest BCUT2D eigenvalue weighted by Crippen LogP contribution is 2.19. The van der Waals surface area contributed by atoms with E-state index in [4.69, 9.17) is 0 Å². The highest BCUT2D eigenvalue weighted by Gasteiger charge is 2.06. The van der Waals surface area contributed by atoms with Crippen LogP contribution in [0.2, 0.25) is 0 Å². The minimum atomic E-state index is -0.0321. The molecule has 21 heavy (non-hydrogen) atoms. The number of amides is 1. The van der Waals surface area contributed by atoms with Crippen LogP contribution in [-0.2, 0) is 11.2 Å². The van der Waals surface area contributed by atoms with Crippen LogP contribution in [0.1, 0.15) is 18.4 Å². The lowest BCUT2D eigenvalue weighted by Gasteiger charge is -2.03. The van der Waals surface area contributed by atoms with Crippen molar-refractivity contribution in [3.05, 3.63) is 54.4 Å². The molecule has 0 saturated heterocycles. The van der Waals surface area contributed by atoms with Gasteiger partial charge in [-0.05, 0) is 36.6 Å². The first-order chi connectivity index (χ1) is 10.3. The Bertz CT molecular complexity index is 736. The van der Waals surface area contributed by atoms with E-state index < -0.39 is 0 Å². The predicted molar refractivity (Wildman–Crippen MR) is 81.9 cm³/mol. The highest BCUT2D eigenvalue weighted by atomic mass is 16.1. The summed E-state index contributed by atoms with van der Waals surface area (Å²) in [4.78, 5) is 15.1. The molecule has 106 valence electrons. The van der Waals surface area contributed by atoms with E-state index in [0.29, 0.717) is 12.2 Å². The van der Waals surface area contributed by atoms with E-state index in [1.165, 1.54) is 10.9 Å². The molecule has 2 heterocycles. The normalized spacial score (nSPS) is 10.7. The lowest BCUT2D eigenvalue weighted by atomic mass is 10.1. The topological polar surface area (TPSA) is 70.7 Å². The number of rotatable bonds is 5. The summed E-state index contributed by atoms with van der Waals surface area (Å²) in [6.07, 6.45) is 5.74. The Morgan fingerprint density at radius 1 is 1.19 bits per heavy atom. The standard InChI is InChI=1S/C16H16N4O/c21-16(19-15-8-4-10-18-20-15)9-3-5-12-11-17-14-7-2-1-6-13(12)14/h1-2,4,6-8,10-11,17H,3,5,9H2,(H,19,20,21). The molecule has 0 saturated carbocycles. The van der Waals surface area contributed by atoms with Gasteiger partial charge in [0.15, 0.2) is 5.82 Å². The zero-order chi connectivity index (χ0) is 14.5. The molecule has 0 radical (unpaired) electrons. The van der Waals surface area contributed by atoms with Gasteiger partial charge in [-0.25, -0.2) is 0 Å². The van der Waals surface area contributed by atoms with Crippen LogP contribution < -0.4 is 5.32 Å². The Balaban J connectivity index is 1.53. The number of carbonyl (C=O) groups excluding carboxylic acids is 1. The fourth-order valence-corrected chi connectivity index (χ4v) is 2.35. The number of carbonyl (C=O) groups is 1. The number of nitrogens with zero attached hydrogens (tertiary/aromatic N) is 2. The third-order valence-corrected chi connectivity index (χ3v) is 3.36. The maximum atomic E-state index is 11.8. The number of aryl methyl sites for hydroxylation is 1. The first kappa shape index (κ1) is 13.3. The van der Waals surface area contributed by atoms with Gasteiger partial charge in [0, 0.05) is 29.7 Å². The van der Waals surface area contributed by atoms with Crippen LogP contribution in [0.5, 0.6) is 0 Å². The second kappa shape index (κ2) is 6.17. The predicted octanol–water partition coefficient (Wildman–Crippen LogP) is 2.92. The molecule has 0 atom stereocenters. The second-order valence-electron chi connectivity index (χ2n) is 4.87.